The zero-order valence-electron chi connectivity index (χ0n) is 13.3. The summed E-state index contributed by atoms with van der Waals surface area (Å²) in [4.78, 5) is 0. The number of rotatable bonds is 2. The number of benzene rings is 2. The van der Waals surface area contributed by atoms with Gasteiger partial charge < -0.3 is 9.14 Å². The first kappa shape index (κ1) is 13.8. The van der Waals surface area contributed by atoms with Gasteiger partial charge in [0, 0.05) is 5.57 Å². The molecule has 0 spiro atoms. The van der Waals surface area contributed by atoms with Crippen molar-refractivity contribution < 1.29 is 9.14 Å². The van der Waals surface area contributed by atoms with Crippen LogP contribution < -0.4 is 10.9 Å². The van der Waals surface area contributed by atoms with E-state index in [1.165, 1.54) is 16.5 Å². The number of allylic oxidation sites excluding steroid dienone is 3. The fraction of sp³-hybridized carbons (Fsp3) is 0.0952. The molecular formula is C21H18BNO. The lowest BCUT2D eigenvalue weighted by Gasteiger charge is -2.33. The normalized spacial score (nSPS) is 25.8. The fourth-order valence-electron chi connectivity index (χ4n) is 4.40. The van der Waals surface area contributed by atoms with Gasteiger partial charge in [-0.25, -0.2) is 0 Å². The topological polar surface area (TPSA) is 12.2 Å². The standard InChI is InChI=1S/C21H18BNO/c1-3-11-18(12-4-1)22(19-13-5-2-6-14-19)23-16-8-10-17-9-7-15-20(24-22)21(17)23/h1-16,20-21H. The Kier molecular flexibility index (Phi) is 2.97. The molecule has 0 bridgehead atoms. The van der Waals surface area contributed by atoms with E-state index in [2.05, 4.69) is 102 Å². The highest BCUT2D eigenvalue weighted by Gasteiger charge is 2.56. The average Bonchev–Trinajstić information content (AvgIpc) is 3.01. The zero-order valence-corrected chi connectivity index (χ0v) is 13.3. The summed E-state index contributed by atoms with van der Waals surface area (Å²) in [6, 6.07) is 21.5. The number of nitrogens with zero attached hydrogens (tertiary/aromatic N) is 1. The SMILES string of the molecule is C1=CC2=CC=CC3O[B-](c4ccccc4)(c4ccccc4)[N+](=C1)C23. The molecule has 0 amide bonds. The Balaban J connectivity index is 1.80. The van der Waals surface area contributed by atoms with E-state index in [0.29, 0.717) is 0 Å². The summed E-state index contributed by atoms with van der Waals surface area (Å²) in [6.07, 6.45) is 13.1. The van der Waals surface area contributed by atoms with Crippen molar-refractivity contribution in [2.45, 2.75) is 12.1 Å². The molecule has 1 aliphatic carbocycles. The molecule has 0 aromatic heterocycles. The van der Waals surface area contributed by atoms with Crippen molar-refractivity contribution in [3.05, 3.63) is 96.6 Å². The van der Waals surface area contributed by atoms with Crippen LogP contribution in [0.5, 0.6) is 0 Å². The molecule has 2 aromatic carbocycles. The summed E-state index contributed by atoms with van der Waals surface area (Å²) in [6.45, 7) is -1.45. The average molecular weight is 311 g/mol. The van der Waals surface area contributed by atoms with Gasteiger partial charge in [0.05, 0.1) is 6.10 Å². The molecule has 2 atom stereocenters. The van der Waals surface area contributed by atoms with Crippen LogP contribution in [-0.4, -0.2) is 29.3 Å². The third kappa shape index (κ3) is 1.79. The molecule has 1 saturated heterocycles. The monoisotopic (exact) mass is 311 g/mol. The Bertz CT molecular complexity index is 856. The molecular weight excluding hydrogens is 293 g/mol. The van der Waals surface area contributed by atoms with E-state index in [-0.39, 0.29) is 12.1 Å². The van der Waals surface area contributed by atoms with Gasteiger partial charge in [-0.3, -0.25) is 0 Å². The van der Waals surface area contributed by atoms with E-state index < -0.39 is 6.48 Å². The molecule has 116 valence electrons. The van der Waals surface area contributed by atoms with Crippen LogP contribution in [0.25, 0.3) is 0 Å². The van der Waals surface area contributed by atoms with E-state index in [4.69, 9.17) is 4.65 Å². The first-order chi connectivity index (χ1) is 11.9. The molecule has 0 radical (unpaired) electrons. The molecule has 24 heavy (non-hydrogen) atoms. The molecule has 5 rings (SSSR count). The molecule has 2 unspecified atom stereocenters. The molecule has 0 N–H and O–H groups in total. The Morgan fingerprint density at radius 3 is 2.17 bits per heavy atom. The summed E-state index contributed by atoms with van der Waals surface area (Å²) >= 11 is 0. The van der Waals surface area contributed by atoms with Crippen molar-refractivity contribution in [1.29, 1.82) is 0 Å². The molecule has 0 saturated carbocycles. The number of hydrogen-bond donors (Lipinski definition) is 0. The van der Waals surface area contributed by atoms with Gasteiger partial charge in [0.15, 0.2) is 6.04 Å². The molecule has 3 aliphatic rings. The highest BCUT2D eigenvalue weighted by molar-refractivity contribution is 6.92. The van der Waals surface area contributed by atoms with E-state index >= 15 is 0 Å². The van der Waals surface area contributed by atoms with Crippen LogP contribution >= 0.6 is 0 Å². The first-order valence-electron chi connectivity index (χ1n) is 8.51. The van der Waals surface area contributed by atoms with Gasteiger partial charge in [-0.15, -0.1) is 10.9 Å². The summed E-state index contributed by atoms with van der Waals surface area (Å²) in [7, 11) is 0. The molecule has 1 fully saturated rings. The van der Waals surface area contributed by atoms with Gasteiger partial charge in [-0.2, -0.15) is 0 Å². The number of hydrogen-bond acceptors (Lipinski definition) is 1. The van der Waals surface area contributed by atoms with Crippen LogP contribution in [0.4, 0.5) is 0 Å². The second-order valence-corrected chi connectivity index (χ2v) is 6.62. The maximum Gasteiger partial charge on any atom is 0.458 e. The van der Waals surface area contributed by atoms with Gasteiger partial charge in [0.25, 0.3) is 0 Å². The Labute approximate surface area is 142 Å². The summed E-state index contributed by atoms with van der Waals surface area (Å²) in [5, 5.41) is 0. The molecule has 2 aromatic rings. The van der Waals surface area contributed by atoms with E-state index in [1.807, 2.05) is 0 Å². The van der Waals surface area contributed by atoms with Crippen molar-refractivity contribution in [2.75, 3.05) is 0 Å². The molecule has 2 nitrogen and oxygen atoms in total. The predicted octanol–water partition coefficient (Wildman–Crippen LogP) is 2.16. The van der Waals surface area contributed by atoms with E-state index in [0.717, 1.165) is 0 Å². The van der Waals surface area contributed by atoms with Crippen molar-refractivity contribution in [3.8, 4) is 0 Å². The smallest absolute Gasteiger partial charge is 0.458 e. The first-order valence-corrected chi connectivity index (χ1v) is 8.51. The summed E-state index contributed by atoms with van der Waals surface area (Å²) in [5.74, 6) is 0. The predicted molar refractivity (Wildman–Crippen MR) is 99.3 cm³/mol. The van der Waals surface area contributed by atoms with Gasteiger partial charge in [0.2, 0.25) is 0 Å². The second kappa shape index (κ2) is 5.18. The van der Waals surface area contributed by atoms with Crippen LogP contribution in [0, 0.1) is 0 Å². The van der Waals surface area contributed by atoms with Crippen LogP contribution in [-0.2, 0) is 4.65 Å². The molecule has 2 aliphatic heterocycles. The van der Waals surface area contributed by atoms with Crippen molar-refractivity contribution in [1.82, 2.24) is 0 Å². The van der Waals surface area contributed by atoms with Crippen LogP contribution in [0.15, 0.2) is 96.6 Å². The highest BCUT2D eigenvalue weighted by Crippen LogP contribution is 2.34. The largest absolute Gasteiger partial charge is 0.514 e. The molecule has 3 heteroatoms. The third-order valence-corrected chi connectivity index (χ3v) is 5.39. The summed E-state index contributed by atoms with van der Waals surface area (Å²) in [5.41, 5.74) is 3.76. The van der Waals surface area contributed by atoms with Gasteiger partial charge in [-0.05, 0) is 12.2 Å². The lowest BCUT2D eigenvalue weighted by molar-refractivity contribution is -0.413. The lowest BCUT2D eigenvalue weighted by atomic mass is 9.41. The molecule has 2 heterocycles. The fourth-order valence-corrected chi connectivity index (χ4v) is 4.40. The second-order valence-electron chi connectivity index (χ2n) is 6.62. The van der Waals surface area contributed by atoms with Crippen molar-refractivity contribution in [3.63, 3.8) is 0 Å². The summed E-state index contributed by atoms with van der Waals surface area (Å²) < 4.78 is 9.26. The zero-order chi connectivity index (χ0) is 16.0. The third-order valence-electron chi connectivity index (χ3n) is 5.39. The van der Waals surface area contributed by atoms with Crippen molar-refractivity contribution >= 4 is 23.6 Å². The van der Waals surface area contributed by atoms with Gasteiger partial charge in [0.1, 0.15) is 6.21 Å². The minimum Gasteiger partial charge on any atom is -0.514 e. The van der Waals surface area contributed by atoms with Crippen LogP contribution in [0.2, 0.25) is 0 Å². The van der Waals surface area contributed by atoms with Crippen LogP contribution in [0.1, 0.15) is 0 Å². The van der Waals surface area contributed by atoms with E-state index in [9.17, 15) is 0 Å². The minimum absolute atomic E-state index is 0.0756. The van der Waals surface area contributed by atoms with Gasteiger partial charge in [-0.1, -0.05) is 78.9 Å². The maximum absolute atomic E-state index is 6.83. The quantitative estimate of drug-likeness (QED) is 0.774. The highest BCUT2D eigenvalue weighted by atomic mass is 16.5. The minimum atomic E-state index is -1.45. The van der Waals surface area contributed by atoms with Crippen molar-refractivity contribution in [2.24, 2.45) is 0 Å². The Hall–Kier alpha value is -2.65. The van der Waals surface area contributed by atoms with Crippen LogP contribution in [0.3, 0.4) is 0 Å². The maximum atomic E-state index is 6.83. The lowest BCUT2D eigenvalue weighted by Crippen LogP contribution is -2.66. The van der Waals surface area contributed by atoms with E-state index in [1.54, 1.807) is 0 Å². The Morgan fingerprint density at radius 1 is 0.833 bits per heavy atom. The van der Waals surface area contributed by atoms with Gasteiger partial charge >= 0.3 is 6.48 Å². The Morgan fingerprint density at radius 2 is 1.50 bits per heavy atom.